The van der Waals surface area contributed by atoms with Crippen LogP contribution in [0, 0.1) is 19.7 Å². The van der Waals surface area contributed by atoms with Crippen molar-refractivity contribution in [3.8, 4) is 0 Å². The molecule has 0 radical (unpaired) electrons. The van der Waals surface area contributed by atoms with Crippen LogP contribution in [0.15, 0.2) is 27.6 Å². The van der Waals surface area contributed by atoms with Crippen molar-refractivity contribution >= 4 is 10.0 Å². The molecule has 1 aromatic carbocycles. The van der Waals surface area contributed by atoms with Crippen molar-refractivity contribution in [2.24, 2.45) is 5.73 Å². The molecule has 8 heteroatoms. The predicted octanol–water partition coefficient (Wildman–Crippen LogP) is 1.37. The highest BCUT2D eigenvalue weighted by molar-refractivity contribution is 7.89. The topological polar surface area (TPSA) is 98.2 Å². The highest BCUT2D eigenvalue weighted by Crippen LogP contribution is 2.20. The van der Waals surface area contributed by atoms with Gasteiger partial charge in [0, 0.05) is 12.1 Å². The Morgan fingerprint density at radius 2 is 2.10 bits per heavy atom. The second-order valence-electron chi connectivity index (χ2n) is 4.59. The molecule has 1 heterocycles. The molecule has 0 unspecified atom stereocenters. The third-order valence-corrected chi connectivity index (χ3v) is 4.49. The lowest BCUT2D eigenvalue weighted by molar-refractivity contribution is 0.463. The Kier molecular flexibility index (Phi) is 4.40. The van der Waals surface area contributed by atoms with Gasteiger partial charge in [0.1, 0.15) is 11.6 Å². The van der Waals surface area contributed by atoms with Crippen LogP contribution >= 0.6 is 0 Å². The first-order valence-corrected chi connectivity index (χ1v) is 7.72. The SMILES string of the molecule is Cc1cnc(CNS(=O)(=O)c2cc(CN)cc(F)c2C)o1. The minimum absolute atomic E-state index is 0.0447. The molecule has 0 spiro atoms. The lowest BCUT2D eigenvalue weighted by Crippen LogP contribution is -2.24. The normalized spacial score (nSPS) is 11.8. The Morgan fingerprint density at radius 3 is 2.67 bits per heavy atom. The summed E-state index contributed by atoms with van der Waals surface area (Å²) < 4.78 is 45.8. The lowest BCUT2D eigenvalue weighted by atomic mass is 10.1. The number of nitrogens with two attached hydrogens (primary N) is 1. The molecule has 2 aromatic rings. The fraction of sp³-hybridized carbons (Fsp3) is 0.308. The summed E-state index contributed by atoms with van der Waals surface area (Å²) >= 11 is 0. The molecule has 0 aliphatic carbocycles. The number of halogens is 1. The third kappa shape index (κ3) is 3.46. The molecule has 0 aliphatic heterocycles. The number of rotatable bonds is 5. The average Bonchev–Trinajstić information content (AvgIpc) is 2.85. The summed E-state index contributed by atoms with van der Waals surface area (Å²) in [7, 11) is -3.88. The van der Waals surface area contributed by atoms with Gasteiger partial charge in [-0.2, -0.15) is 0 Å². The smallest absolute Gasteiger partial charge is 0.241 e. The van der Waals surface area contributed by atoms with E-state index in [0.29, 0.717) is 11.3 Å². The zero-order chi connectivity index (χ0) is 15.6. The van der Waals surface area contributed by atoms with E-state index in [4.69, 9.17) is 10.2 Å². The van der Waals surface area contributed by atoms with E-state index in [0.717, 1.165) is 0 Å². The van der Waals surface area contributed by atoms with Gasteiger partial charge in [-0.05, 0) is 31.5 Å². The first-order valence-electron chi connectivity index (χ1n) is 6.23. The second-order valence-corrected chi connectivity index (χ2v) is 6.33. The van der Waals surface area contributed by atoms with Gasteiger partial charge < -0.3 is 10.2 Å². The first-order chi connectivity index (χ1) is 9.83. The number of aryl methyl sites for hydroxylation is 1. The van der Waals surface area contributed by atoms with Crippen LogP contribution in [0.2, 0.25) is 0 Å². The first kappa shape index (κ1) is 15.6. The van der Waals surface area contributed by atoms with E-state index < -0.39 is 15.8 Å². The van der Waals surface area contributed by atoms with Crippen molar-refractivity contribution in [1.29, 1.82) is 0 Å². The summed E-state index contributed by atoms with van der Waals surface area (Å²) in [6, 6.07) is 2.59. The Labute approximate surface area is 122 Å². The van der Waals surface area contributed by atoms with Crippen LogP contribution in [0.3, 0.4) is 0 Å². The van der Waals surface area contributed by atoms with E-state index in [-0.39, 0.29) is 29.4 Å². The van der Waals surface area contributed by atoms with Gasteiger partial charge in [0.15, 0.2) is 0 Å². The van der Waals surface area contributed by atoms with Crippen LogP contribution in [0.25, 0.3) is 0 Å². The Morgan fingerprint density at radius 1 is 1.38 bits per heavy atom. The van der Waals surface area contributed by atoms with E-state index in [9.17, 15) is 12.8 Å². The average molecular weight is 313 g/mol. The monoisotopic (exact) mass is 313 g/mol. The predicted molar refractivity (Wildman–Crippen MR) is 74.3 cm³/mol. The summed E-state index contributed by atoms with van der Waals surface area (Å²) in [6.07, 6.45) is 1.49. The quantitative estimate of drug-likeness (QED) is 0.868. The van der Waals surface area contributed by atoms with Crippen LogP contribution < -0.4 is 10.5 Å². The molecule has 0 bridgehead atoms. The van der Waals surface area contributed by atoms with E-state index in [1.54, 1.807) is 6.92 Å². The number of nitrogens with one attached hydrogen (secondary N) is 1. The molecule has 2 rings (SSSR count). The number of nitrogens with zero attached hydrogens (tertiary/aromatic N) is 1. The van der Waals surface area contributed by atoms with Gasteiger partial charge >= 0.3 is 0 Å². The van der Waals surface area contributed by atoms with Gasteiger partial charge in [0.2, 0.25) is 15.9 Å². The Hall–Kier alpha value is -1.77. The van der Waals surface area contributed by atoms with Crippen LogP contribution in [0.1, 0.15) is 22.8 Å². The van der Waals surface area contributed by atoms with Crippen molar-refractivity contribution in [3.63, 3.8) is 0 Å². The molecule has 0 aliphatic rings. The number of hydrogen-bond acceptors (Lipinski definition) is 5. The summed E-state index contributed by atoms with van der Waals surface area (Å²) in [4.78, 5) is 3.77. The standard InChI is InChI=1S/C13H16FN3O3S/c1-8-6-16-13(20-8)7-17-21(18,19)12-4-10(5-15)3-11(14)9(12)2/h3-4,6,17H,5,7,15H2,1-2H3. The van der Waals surface area contributed by atoms with Crippen LogP contribution in [-0.2, 0) is 23.1 Å². The second kappa shape index (κ2) is 5.92. The summed E-state index contributed by atoms with van der Waals surface area (Å²) in [5.74, 6) is 0.214. The number of sulfonamides is 1. The summed E-state index contributed by atoms with van der Waals surface area (Å²) in [6.45, 7) is 3.05. The zero-order valence-corrected chi connectivity index (χ0v) is 12.5. The van der Waals surface area contributed by atoms with Gasteiger partial charge in [0.25, 0.3) is 0 Å². The molecule has 3 N–H and O–H groups in total. The van der Waals surface area contributed by atoms with Gasteiger partial charge in [-0.15, -0.1) is 0 Å². The van der Waals surface area contributed by atoms with E-state index in [2.05, 4.69) is 9.71 Å². The van der Waals surface area contributed by atoms with Crippen molar-refractivity contribution in [2.75, 3.05) is 0 Å². The molecule has 0 amide bonds. The highest BCUT2D eigenvalue weighted by atomic mass is 32.2. The van der Waals surface area contributed by atoms with Gasteiger partial charge in [-0.3, -0.25) is 0 Å². The lowest BCUT2D eigenvalue weighted by Gasteiger charge is -2.10. The van der Waals surface area contributed by atoms with Crippen molar-refractivity contribution in [2.45, 2.75) is 31.8 Å². The third-order valence-electron chi connectivity index (χ3n) is 2.96. The van der Waals surface area contributed by atoms with E-state index in [1.807, 2.05) is 0 Å². The maximum Gasteiger partial charge on any atom is 0.241 e. The summed E-state index contributed by atoms with van der Waals surface area (Å²) in [5.41, 5.74) is 5.89. The minimum Gasteiger partial charge on any atom is -0.445 e. The van der Waals surface area contributed by atoms with Crippen LogP contribution in [-0.4, -0.2) is 13.4 Å². The van der Waals surface area contributed by atoms with Gasteiger partial charge in [0.05, 0.1) is 17.6 Å². The van der Waals surface area contributed by atoms with Crippen molar-refractivity contribution < 1.29 is 17.2 Å². The van der Waals surface area contributed by atoms with Gasteiger partial charge in [-0.1, -0.05) is 0 Å². The molecule has 21 heavy (non-hydrogen) atoms. The number of oxazole rings is 1. The zero-order valence-electron chi connectivity index (χ0n) is 11.7. The van der Waals surface area contributed by atoms with Crippen LogP contribution in [0.5, 0.6) is 0 Å². The van der Waals surface area contributed by atoms with Crippen LogP contribution in [0.4, 0.5) is 4.39 Å². The fourth-order valence-corrected chi connectivity index (χ4v) is 3.10. The molecular weight excluding hydrogens is 297 g/mol. The number of hydrogen-bond donors (Lipinski definition) is 2. The molecule has 0 atom stereocenters. The minimum atomic E-state index is -3.88. The molecule has 0 saturated carbocycles. The largest absolute Gasteiger partial charge is 0.445 e. The van der Waals surface area contributed by atoms with Crippen molar-refractivity contribution in [3.05, 3.63) is 46.9 Å². The molecule has 6 nitrogen and oxygen atoms in total. The maximum atomic E-state index is 13.7. The molecule has 0 fully saturated rings. The van der Waals surface area contributed by atoms with Gasteiger partial charge in [-0.25, -0.2) is 22.5 Å². The van der Waals surface area contributed by atoms with Crippen molar-refractivity contribution in [1.82, 2.24) is 9.71 Å². The fourth-order valence-electron chi connectivity index (χ4n) is 1.82. The maximum absolute atomic E-state index is 13.7. The Bertz CT molecular complexity index is 756. The molecule has 0 saturated heterocycles. The number of aromatic nitrogens is 1. The molecular formula is C13H16FN3O3S. The molecule has 1 aromatic heterocycles. The highest BCUT2D eigenvalue weighted by Gasteiger charge is 2.20. The molecule has 114 valence electrons. The summed E-state index contributed by atoms with van der Waals surface area (Å²) in [5, 5.41) is 0. The van der Waals surface area contributed by atoms with E-state index >= 15 is 0 Å². The number of benzene rings is 1. The Balaban J connectivity index is 2.29. The van der Waals surface area contributed by atoms with E-state index in [1.165, 1.54) is 25.3 Å².